The molecule has 1 aliphatic rings. The van der Waals surface area contributed by atoms with Crippen LogP contribution in [-0.2, 0) is 9.53 Å². The maximum Gasteiger partial charge on any atom is 0.344 e. The summed E-state index contributed by atoms with van der Waals surface area (Å²) >= 11 is 2.76. The first-order chi connectivity index (χ1) is 20.6. The van der Waals surface area contributed by atoms with Gasteiger partial charge < -0.3 is 14.4 Å². The summed E-state index contributed by atoms with van der Waals surface area (Å²) in [6, 6.07) is 24.2. The molecule has 0 amide bonds. The molecule has 8 nitrogen and oxygen atoms in total. The minimum Gasteiger partial charge on any atom is -0.506 e. The largest absolute Gasteiger partial charge is 0.506 e. The Morgan fingerprint density at radius 1 is 1.02 bits per heavy atom. The van der Waals surface area contributed by atoms with Crippen molar-refractivity contribution in [3.05, 3.63) is 128 Å². The van der Waals surface area contributed by atoms with Crippen molar-refractivity contribution in [1.29, 1.82) is 0 Å². The van der Waals surface area contributed by atoms with E-state index < -0.39 is 10.9 Å². The monoisotopic (exact) mass is 611 g/mol. The molecule has 2 heterocycles. The molecule has 0 aliphatic carbocycles. The highest BCUT2D eigenvalue weighted by Gasteiger charge is 2.33. The third-order valence-electron chi connectivity index (χ3n) is 6.77. The quantitative estimate of drug-likeness (QED) is 0.121. The van der Waals surface area contributed by atoms with Gasteiger partial charge in [-0.3, -0.25) is 10.1 Å². The number of ether oxygens (including phenoxy) is 1. The van der Waals surface area contributed by atoms with E-state index in [4.69, 9.17) is 4.74 Å². The number of nitro benzene ring substituents is 1. The summed E-state index contributed by atoms with van der Waals surface area (Å²) < 4.78 is 7.36. The van der Waals surface area contributed by atoms with Crippen LogP contribution in [0.1, 0.15) is 29.4 Å². The number of aliphatic hydroxyl groups excluding tert-OH is 1. The number of thioether (sulfide) groups is 1. The highest BCUT2D eigenvalue weighted by molar-refractivity contribution is 8.18. The van der Waals surface area contributed by atoms with Crippen LogP contribution in [0.5, 0.6) is 0 Å². The number of carbonyl (C=O) groups excluding carboxylic acids is 1. The van der Waals surface area contributed by atoms with Crippen LogP contribution in [0.15, 0.2) is 110 Å². The van der Waals surface area contributed by atoms with E-state index in [-0.39, 0.29) is 23.6 Å². The van der Waals surface area contributed by atoms with Crippen molar-refractivity contribution < 1.29 is 19.6 Å². The Kier molecular flexibility index (Phi) is 8.89. The number of nitrogens with zero attached hydrogens (tertiary/aromatic N) is 3. The number of aromatic nitrogens is 1. The zero-order valence-electron chi connectivity index (χ0n) is 24.0. The van der Waals surface area contributed by atoms with E-state index in [9.17, 15) is 20.0 Å². The molecule has 43 heavy (non-hydrogen) atoms. The molecule has 1 aliphatic heterocycles. The van der Waals surface area contributed by atoms with E-state index >= 15 is 0 Å². The van der Waals surface area contributed by atoms with Gasteiger partial charge in [0.05, 0.1) is 22.1 Å². The molecular formula is C33H29N3O5S2. The van der Waals surface area contributed by atoms with E-state index in [1.165, 1.54) is 35.7 Å². The summed E-state index contributed by atoms with van der Waals surface area (Å²) in [6.07, 6.45) is 1.87. The van der Waals surface area contributed by atoms with Crippen LogP contribution in [0.4, 0.5) is 11.4 Å². The normalized spacial score (nSPS) is 15.0. The molecule has 3 aromatic carbocycles. The predicted octanol–water partition coefficient (Wildman–Crippen LogP) is 8.66. The second-order valence-electron chi connectivity index (χ2n) is 9.82. The van der Waals surface area contributed by atoms with E-state index in [0.717, 1.165) is 38.0 Å². The Balaban J connectivity index is 1.42. The van der Waals surface area contributed by atoms with Gasteiger partial charge in [0.25, 0.3) is 5.69 Å². The van der Waals surface area contributed by atoms with Gasteiger partial charge in [0, 0.05) is 39.0 Å². The third-order valence-corrected chi connectivity index (χ3v) is 8.81. The van der Waals surface area contributed by atoms with Gasteiger partial charge in [-0.2, -0.15) is 0 Å². The molecule has 0 atom stereocenters. The summed E-state index contributed by atoms with van der Waals surface area (Å²) in [4.78, 5) is 30.4. The molecule has 1 aromatic heterocycles. The first-order valence-corrected chi connectivity index (χ1v) is 15.2. The number of nitro groups is 1. The minimum atomic E-state index is -0.612. The fourth-order valence-corrected chi connectivity index (χ4v) is 6.48. The summed E-state index contributed by atoms with van der Waals surface area (Å²) in [7, 11) is 0. The first kappa shape index (κ1) is 29.9. The number of aliphatic hydroxyl groups is 1. The fourth-order valence-electron chi connectivity index (χ4n) is 4.64. The van der Waals surface area contributed by atoms with Crippen molar-refractivity contribution in [3.8, 4) is 5.69 Å². The van der Waals surface area contributed by atoms with Crippen LogP contribution in [0.3, 0.4) is 0 Å². The van der Waals surface area contributed by atoms with Crippen molar-refractivity contribution in [2.75, 3.05) is 6.61 Å². The fraction of sp³-hybridized carbons (Fsp3) is 0.152. The number of carbonyl (C=O) groups is 1. The second kappa shape index (κ2) is 12.8. The zero-order valence-corrected chi connectivity index (χ0v) is 25.7. The topological polar surface area (TPSA) is 107 Å². The lowest BCUT2D eigenvalue weighted by Gasteiger charge is -2.11. The molecule has 1 N–H and O–H groups in total. The van der Waals surface area contributed by atoms with Gasteiger partial charge in [0.2, 0.25) is 0 Å². The lowest BCUT2D eigenvalue weighted by molar-refractivity contribution is -0.384. The van der Waals surface area contributed by atoms with Gasteiger partial charge in [-0.15, -0.1) is 0 Å². The highest BCUT2D eigenvalue weighted by atomic mass is 32.2. The average molecular weight is 612 g/mol. The van der Waals surface area contributed by atoms with Crippen LogP contribution in [-0.4, -0.2) is 32.2 Å². The molecule has 0 spiro atoms. The average Bonchev–Trinajstić information content (AvgIpc) is 3.44. The number of hydrogen-bond donors (Lipinski definition) is 1. The van der Waals surface area contributed by atoms with E-state index in [1.807, 2.05) is 81.4 Å². The van der Waals surface area contributed by atoms with Crippen molar-refractivity contribution in [2.45, 2.75) is 37.5 Å². The minimum absolute atomic E-state index is 0.0635. The zero-order chi connectivity index (χ0) is 30.7. The lowest BCUT2D eigenvalue weighted by atomic mass is 10.1. The number of aryl methyl sites for hydroxylation is 2. The van der Waals surface area contributed by atoms with Gasteiger partial charge in [0.15, 0.2) is 0 Å². The molecular weight excluding hydrogens is 583 g/mol. The molecule has 0 saturated carbocycles. The Morgan fingerprint density at radius 2 is 1.65 bits per heavy atom. The number of esters is 1. The number of non-ortho nitro benzene ring substituents is 1. The molecule has 0 unspecified atom stereocenters. The number of rotatable bonds is 8. The maximum absolute atomic E-state index is 12.8. The lowest BCUT2D eigenvalue weighted by Crippen LogP contribution is -2.12. The maximum atomic E-state index is 12.8. The summed E-state index contributed by atoms with van der Waals surface area (Å²) in [5.74, 6) is -0.759. The van der Waals surface area contributed by atoms with E-state index in [1.54, 1.807) is 19.1 Å². The van der Waals surface area contributed by atoms with Crippen LogP contribution in [0.25, 0.3) is 11.8 Å². The van der Waals surface area contributed by atoms with Gasteiger partial charge in [-0.05, 0) is 93.9 Å². The molecule has 0 bridgehead atoms. The van der Waals surface area contributed by atoms with Crippen molar-refractivity contribution in [1.82, 2.24) is 4.57 Å². The Hall–Kier alpha value is -4.54. The summed E-state index contributed by atoms with van der Waals surface area (Å²) in [5.41, 5.74) is 5.75. The SMILES string of the molecule is CCOC(=O)C1=C(O)/C(=C/c2cc(C)n(-c3ccc(Sc4ccc([N+](=O)[O-])cc4)cc3)c2C)SC1=Nc1ccc(C)cc1. The molecule has 218 valence electrons. The van der Waals surface area contributed by atoms with E-state index in [2.05, 4.69) is 9.56 Å². The van der Waals surface area contributed by atoms with Gasteiger partial charge in [-0.1, -0.05) is 41.2 Å². The van der Waals surface area contributed by atoms with Crippen LogP contribution in [0, 0.1) is 30.9 Å². The van der Waals surface area contributed by atoms with E-state index in [0.29, 0.717) is 15.6 Å². The highest BCUT2D eigenvalue weighted by Crippen LogP contribution is 2.41. The van der Waals surface area contributed by atoms with Gasteiger partial charge in [0.1, 0.15) is 16.4 Å². The van der Waals surface area contributed by atoms with Crippen LogP contribution < -0.4 is 0 Å². The molecule has 5 rings (SSSR count). The molecule has 0 fully saturated rings. The molecule has 10 heteroatoms. The standard InChI is InChI=1S/C33H29N3O5S2/c1-5-41-33(38)30-31(37)29(43-32(30)34-24-8-6-20(2)7-9-24)19-23-18-21(3)35(22(23)4)25-10-14-27(15-11-25)42-28-16-12-26(13-17-28)36(39)40/h6-19,37H,5H2,1-4H3/b29-19-,34-32?. The Morgan fingerprint density at radius 3 is 2.26 bits per heavy atom. The Bertz CT molecular complexity index is 1790. The summed E-state index contributed by atoms with van der Waals surface area (Å²) in [5, 5.41) is 22.5. The third kappa shape index (κ3) is 6.60. The molecule has 4 aromatic rings. The molecule has 0 radical (unpaired) electrons. The van der Waals surface area contributed by atoms with Crippen molar-refractivity contribution in [3.63, 3.8) is 0 Å². The van der Waals surface area contributed by atoms with Gasteiger partial charge >= 0.3 is 5.97 Å². The van der Waals surface area contributed by atoms with Crippen molar-refractivity contribution >= 4 is 52.0 Å². The number of hydrogen-bond acceptors (Lipinski definition) is 8. The van der Waals surface area contributed by atoms with Crippen LogP contribution in [0.2, 0.25) is 0 Å². The first-order valence-electron chi connectivity index (χ1n) is 13.5. The number of aliphatic imine (C=N–C) groups is 1. The van der Waals surface area contributed by atoms with Crippen LogP contribution >= 0.6 is 23.5 Å². The summed E-state index contributed by atoms with van der Waals surface area (Å²) in [6.45, 7) is 7.92. The smallest absolute Gasteiger partial charge is 0.344 e. The van der Waals surface area contributed by atoms with Gasteiger partial charge in [-0.25, -0.2) is 9.79 Å². The second-order valence-corrected chi connectivity index (χ2v) is 12.0. The Labute approximate surface area is 258 Å². The van der Waals surface area contributed by atoms with Crippen molar-refractivity contribution in [2.24, 2.45) is 4.99 Å². The predicted molar refractivity (Wildman–Crippen MR) is 173 cm³/mol. The molecule has 0 saturated heterocycles. The number of benzene rings is 3.